The van der Waals surface area contributed by atoms with E-state index in [0.29, 0.717) is 25.8 Å². The van der Waals surface area contributed by atoms with Crippen molar-refractivity contribution in [3.05, 3.63) is 36.4 Å². The summed E-state index contributed by atoms with van der Waals surface area (Å²) in [6.45, 7) is 1.50. The van der Waals surface area contributed by atoms with Gasteiger partial charge in [0.1, 0.15) is 12.9 Å². The number of tetrazole rings is 1. The molecule has 168 valence electrons. The molecule has 0 spiro atoms. The van der Waals surface area contributed by atoms with E-state index in [9.17, 15) is 9.59 Å². The van der Waals surface area contributed by atoms with E-state index in [4.69, 9.17) is 14.6 Å². The lowest BCUT2D eigenvalue weighted by atomic mass is 9.83. The summed E-state index contributed by atoms with van der Waals surface area (Å²) in [5.74, 6) is -1.27. The lowest BCUT2D eigenvalue weighted by molar-refractivity contribution is -0.134. The first-order valence-corrected chi connectivity index (χ1v) is 9.79. The predicted octanol–water partition coefficient (Wildman–Crippen LogP) is -0.225. The number of nitrogens with zero attached hydrogens (tertiary/aromatic N) is 5. The third-order valence-electron chi connectivity index (χ3n) is 4.67. The van der Waals surface area contributed by atoms with Gasteiger partial charge in [-0.2, -0.15) is 0 Å². The van der Waals surface area contributed by atoms with Gasteiger partial charge in [-0.3, -0.25) is 19.4 Å². The largest absolute Gasteiger partial charge is 0.481 e. The molecule has 1 aliphatic rings. The van der Waals surface area contributed by atoms with Gasteiger partial charge in [-0.05, 0) is 41.8 Å². The van der Waals surface area contributed by atoms with Gasteiger partial charge in [0.2, 0.25) is 11.8 Å². The number of carboxylic acid groups (broad SMARTS) is 1. The number of rotatable bonds is 7. The molecule has 3 rings (SSSR count). The topological polar surface area (TPSA) is 161 Å². The highest BCUT2D eigenvalue weighted by atomic mass is 16.5. The smallest absolute Gasteiger partial charge is 0.300 e. The Morgan fingerprint density at radius 3 is 2.68 bits per heavy atom. The van der Waals surface area contributed by atoms with Gasteiger partial charge in [-0.15, -0.1) is 5.10 Å². The molecule has 0 aliphatic heterocycles. The summed E-state index contributed by atoms with van der Waals surface area (Å²) in [7, 11) is 1.62. The number of amides is 2. The maximum atomic E-state index is 12.5. The van der Waals surface area contributed by atoms with Crippen LogP contribution in [0.4, 0.5) is 0 Å². The molecule has 12 heteroatoms. The summed E-state index contributed by atoms with van der Waals surface area (Å²) in [6, 6.07) is 5.34. The average Bonchev–Trinajstić information content (AvgIpc) is 3.25. The highest BCUT2D eigenvalue weighted by molar-refractivity contribution is 5.79. The van der Waals surface area contributed by atoms with Crippen molar-refractivity contribution >= 4 is 17.8 Å². The third kappa shape index (κ3) is 8.46. The highest BCUT2D eigenvalue weighted by Gasteiger charge is 2.34. The first-order valence-electron chi connectivity index (χ1n) is 9.79. The maximum absolute atomic E-state index is 12.5. The number of hydrogen-bond acceptors (Lipinski definition) is 8. The first kappa shape index (κ1) is 23.9. The Morgan fingerprint density at radius 1 is 1.29 bits per heavy atom. The van der Waals surface area contributed by atoms with Gasteiger partial charge < -0.3 is 20.5 Å². The van der Waals surface area contributed by atoms with Crippen LogP contribution in [0.1, 0.15) is 31.9 Å². The van der Waals surface area contributed by atoms with Crippen LogP contribution >= 0.6 is 0 Å². The number of hydrogen-bond donors (Lipinski definition) is 3. The molecule has 12 nitrogen and oxygen atoms in total. The Bertz CT molecular complexity index is 827. The minimum Gasteiger partial charge on any atom is -0.481 e. The highest BCUT2D eigenvalue weighted by Crippen LogP contribution is 2.27. The van der Waals surface area contributed by atoms with Crippen LogP contribution in [0.15, 0.2) is 30.7 Å². The zero-order valence-corrected chi connectivity index (χ0v) is 17.5. The number of carbonyl (C=O) groups is 3. The molecule has 3 N–H and O–H groups in total. The number of ether oxygens (including phenoxy) is 1. The van der Waals surface area contributed by atoms with E-state index in [-0.39, 0.29) is 36.4 Å². The van der Waals surface area contributed by atoms with Crippen molar-refractivity contribution in [2.75, 3.05) is 7.11 Å². The van der Waals surface area contributed by atoms with Crippen molar-refractivity contribution < 1.29 is 24.2 Å². The average molecular weight is 433 g/mol. The molecule has 0 bridgehead atoms. The Kier molecular flexibility index (Phi) is 9.49. The van der Waals surface area contributed by atoms with Crippen LogP contribution in [0.2, 0.25) is 0 Å². The van der Waals surface area contributed by atoms with Crippen molar-refractivity contribution in [1.82, 2.24) is 35.8 Å². The molecule has 2 aromatic heterocycles. The molecular weight excluding hydrogens is 406 g/mol. The van der Waals surface area contributed by atoms with Crippen LogP contribution in [0.25, 0.3) is 0 Å². The molecule has 2 heterocycles. The van der Waals surface area contributed by atoms with Crippen LogP contribution in [-0.2, 0) is 32.2 Å². The van der Waals surface area contributed by atoms with Crippen LogP contribution in [-0.4, -0.2) is 67.3 Å². The SMILES string of the molecule is CC(=O)O.CO[C@@H]1CC[C@H](C(=O)NCc2ccccn2)C[C@H]1NC(=O)Cn1cnnn1. The summed E-state index contributed by atoms with van der Waals surface area (Å²) < 4.78 is 6.84. The standard InChI is InChI=1S/C17H23N7O3.C2H4O2/c1-27-15-6-5-12(17(26)19-9-13-4-2-3-7-18-13)8-14(15)21-16(25)10-24-11-20-22-23-24;1-2(3)4/h2-4,7,11-12,14-15H,5-6,8-10H2,1H3,(H,19,26)(H,21,25);1H3,(H,3,4)/t12-,14+,15+;/m0./s1. The van der Waals surface area contributed by atoms with Crippen molar-refractivity contribution in [2.45, 2.75) is 51.4 Å². The van der Waals surface area contributed by atoms with Gasteiger partial charge in [-0.1, -0.05) is 6.07 Å². The Hall–Kier alpha value is -3.41. The van der Waals surface area contributed by atoms with Gasteiger partial charge in [0, 0.05) is 26.1 Å². The number of pyridine rings is 1. The fourth-order valence-corrected chi connectivity index (χ4v) is 3.29. The van der Waals surface area contributed by atoms with E-state index in [1.165, 1.54) is 11.0 Å². The number of aliphatic carboxylic acids is 1. The van der Waals surface area contributed by atoms with Crippen LogP contribution in [0.5, 0.6) is 0 Å². The Labute approximate surface area is 179 Å². The van der Waals surface area contributed by atoms with Crippen LogP contribution < -0.4 is 10.6 Å². The Morgan fingerprint density at radius 2 is 2.06 bits per heavy atom. The minimum atomic E-state index is -0.833. The second-order valence-electron chi connectivity index (χ2n) is 7.02. The first-order chi connectivity index (χ1) is 14.9. The van der Waals surface area contributed by atoms with Crippen LogP contribution in [0, 0.1) is 5.92 Å². The Balaban J connectivity index is 0.000000785. The fourth-order valence-electron chi connectivity index (χ4n) is 3.29. The zero-order chi connectivity index (χ0) is 22.6. The number of methoxy groups -OCH3 is 1. The normalized spacial score (nSPS) is 20.1. The molecule has 2 aromatic rings. The molecule has 0 aromatic carbocycles. The molecule has 3 atom stereocenters. The van der Waals surface area contributed by atoms with E-state index < -0.39 is 5.97 Å². The zero-order valence-electron chi connectivity index (χ0n) is 17.5. The summed E-state index contributed by atoms with van der Waals surface area (Å²) in [6.07, 6.45) is 4.89. The molecule has 0 radical (unpaired) electrons. The van der Waals surface area contributed by atoms with Gasteiger partial charge in [0.25, 0.3) is 5.97 Å². The number of aromatic nitrogens is 5. The van der Waals surface area contributed by atoms with Gasteiger partial charge in [0.15, 0.2) is 0 Å². The molecule has 0 saturated heterocycles. The van der Waals surface area contributed by atoms with E-state index in [2.05, 4.69) is 31.1 Å². The summed E-state index contributed by atoms with van der Waals surface area (Å²) >= 11 is 0. The van der Waals surface area contributed by atoms with Gasteiger partial charge in [0.05, 0.1) is 24.4 Å². The maximum Gasteiger partial charge on any atom is 0.300 e. The monoisotopic (exact) mass is 433 g/mol. The molecule has 0 unspecified atom stereocenters. The quantitative estimate of drug-likeness (QED) is 0.536. The van der Waals surface area contributed by atoms with Crippen molar-refractivity contribution in [3.8, 4) is 0 Å². The predicted molar refractivity (Wildman–Crippen MR) is 107 cm³/mol. The van der Waals surface area contributed by atoms with Gasteiger partial charge in [-0.25, -0.2) is 4.68 Å². The second kappa shape index (κ2) is 12.3. The summed E-state index contributed by atoms with van der Waals surface area (Å²) in [5.41, 5.74) is 0.808. The van der Waals surface area contributed by atoms with Crippen molar-refractivity contribution in [2.24, 2.45) is 5.92 Å². The van der Waals surface area contributed by atoms with Gasteiger partial charge >= 0.3 is 0 Å². The van der Waals surface area contributed by atoms with E-state index >= 15 is 0 Å². The molecule has 1 fully saturated rings. The molecule has 31 heavy (non-hydrogen) atoms. The fraction of sp³-hybridized carbons (Fsp3) is 0.526. The minimum absolute atomic E-state index is 0.0243. The molecule has 1 saturated carbocycles. The molecule has 1 aliphatic carbocycles. The van der Waals surface area contributed by atoms with Crippen molar-refractivity contribution in [1.29, 1.82) is 0 Å². The number of carbonyl (C=O) groups excluding carboxylic acids is 2. The third-order valence-corrected chi connectivity index (χ3v) is 4.67. The lowest BCUT2D eigenvalue weighted by Crippen LogP contribution is -2.50. The molecule has 2 amide bonds. The lowest BCUT2D eigenvalue weighted by Gasteiger charge is -2.35. The number of carboxylic acids is 1. The van der Waals surface area contributed by atoms with E-state index in [0.717, 1.165) is 12.6 Å². The van der Waals surface area contributed by atoms with E-state index in [1.807, 2.05) is 18.2 Å². The van der Waals surface area contributed by atoms with Crippen molar-refractivity contribution in [3.63, 3.8) is 0 Å². The van der Waals surface area contributed by atoms with Crippen LogP contribution in [0.3, 0.4) is 0 Å². The summed E-state index contributed by atoms with van der Waals surface area (Å²) in [5, 5.41) is 24.0. The molecular formula is C19H27N7O5. The number of nitrogens with one attached hydrogen (secondary N) is 2. The van der Waals surface area contributed by atoms with E-state index in [1.54, 1.807) is 13.3 Å². The second-order valence-corrected chi connectivity index (χ2v) is 7.02. The summed E-state index contributed by atoms with van der Waals surface area (Å²) in [4.78, 5) is 38.0.